The van der Waals surface area contributed by atoms with Gasteiger partial charge in [-0.2, -0.15) is 5.10 Å². The molecule has 0 bridgehead atoms. The summed E-state index contributed by atoms with van der Waals surface area (Å²) in [4.78, 5) is 35.2. The van der Waals surface area contributed by atoms with Crippen molar-refractivity contribution in [2.24, 2.45) is 5.10 Å². The molecule has 2 rings (SSSR count). The number of nitrogens with zero attached hydrogens (tertiary/aromatic N) is 1. The van der Waals surface area contributed by atoms with E-state index in [1.165, 1.54) is 30.5 Å². The fourth-order valence-electron chi connectivity index (χ4n) is 1.93. The van der Waals surface area contributed by atoms with Gasteiger partial charge in [0.05, 0.1) is 28.4 Å². The number of amides is 2. The molecule has 0 saturated heterocycles. The Morgan fingerprint density at radius 2 is 1.67 bits per heavy atom. The highest BCUT2D eigenvalue weighted by Crippen LogP contribution is 2.22. The van der Waals surface area contributed by atoms with Gasteiger partial charge in [-0.15, -0.1) is 0 Å². The van der Waals surface area contributed by atoms with Crippen molar-refractivity contribution in [3.63, 3.8) is 0 Å². The Kier molecular flexibility index (Phi) is 7.34. The summed E-state index contributed by atoms with van der Waals surface area (Å²) in [6, 6.07) is 10.8. The maximum Gasteiger partial charge on any atom is 0.338 e. The van der Waals surface area contributed by atoms with Crippen LogP contribution in [0.3, 0.4) is 0 Å². The fourth-order valence-corrected chi connectivity index (χ4v) is 2.43. The molecule has 0 aliphatic carbocycles. The molecule has 0 unspecified atom stereocenters. The highest BCUT2D eigenvalue weighted by molar-refractivity contribution is 6.40. The van der Waals surface area contributed by atoms with Crippen molar-refractivity contribution in [3.05, 3.63) is 63.6 Å². The highest BCUT2D eigenvalue weighted by Gasteiger charge is 2.14. The molecule has 2 amide bonds. The lowest BCUT2D eigenvalue weighted by molar-refractivity contribution is -0.136. The summed E-state index contributed by atoms with van der Waals surface area (Å²) in [5, 5.41) is 6.76. The number of ether oxygens (including phenoxy) is 1. The number of hydrogen-bond donors (Lipinski definition) is 2. The van der Waals surface area contributed by atoms with E-state index in [9.17, 15) is 14.4 Å². The summed E-state index contributed by atoms with van der Waals surface area (Å²) in [5.41, 5.74) is 3.16. The first kappa shape index (κ1) is 20.4. The molecule has 0 aromatic heterocycles. The van der Waals surface area contributed by atoms with E-state index in [-0.39, 0.29) is 6.61 Å². The van der Waals surface area contributed by atoms with Crippen molar-refractivity contribution in [2.45, 2.75) is 6.92 Å². The third-order valence-electron chi connectivity index (χ3n) is 3.22. The van der Waals surface area contributed by atoms with E-state index in [1.54, 1.807) is 25.1 Å². The molecule has 2 aromatic rings. The number of hydrazone groups is 1. The third-order valence-corrected chi connectivity index (χ3v) is 3.88. The molecule has 2 aromatic carbocycles. The summed E-state index contributed by atoms with van der Waals surface area (Å²) in [6.45, 7) is 1.96. The first-order valence-corrected chi connectivity index (χ1v) is 8.53. The molecule has 0 spiro atoms. The Hall–Kier alpha value is -2.90. The van der Waals surface area contributed by atoms with E-state index in [0.29, 0.717) is 26.9 Å². The molecule has 7 nitrogen and oxygen atoms in total. The number of hydrogen-bond acceptors (Lipinski definition) is 5. The number of benzene rings is 2. The predicted octanol–water partition coefficient (Wildman–Crippen LogP) is 3.26. The number of carbonyl (C=O) groups excluding carboxylic acids is 3. The van der Waals surface area contributed by atoms with Gasteiger partial charge in [-0.25, -0.2) is 10.2 Å². The number of carbonyl (C=O) groups is 3. The SMILES string of the molecule is CCOC(=O)c1ccc(NC(=O)C(=O)N/N=C/c2c(Cl)cccc2Cl)cc1. The van der Waals surface area contributed by atoms with E-state index >= 15 is 0 Å². The number of halogens is 2. The number of rotatable bonds is 5. The Balaban J connectivity index is 1.93. The lowest BCUT2D eigenvalue weighted by Crippen LogP contribution is -2.32. The van der Waals surface area contributed by atoms with Crippen molar-refractivity contribution < 1.29 is 19.1 Å². The van der Waals surface area contributed by atoms with Gasteiger partial charge in [0.25, 0.3) is 0 Å². The van der Waals surface area contributed by atoms with E-state index in [2.05, 4.69) is 15.8 Å². The summed E-state index contributed by atoms with van der Waals surface area (Å²) in [5.74, 6) is -2.38. The predicted molar refractivity (Wildman–Crippen MR) is 103 cm³/mol. The molecule has 0 heterocycles. The van der Waals surface area contributed by atoms with Gasteiger partial charge < -0.3 is 10.1 Å². The van der Waals surface area contributed by atoms with Crippen LogP contribution in [0.5, 0.6) is 0 Å². The standard InChI is InChI=1S/C18H15Cl2N3O4/c1-2-27-18(26)11-6-8-12(9-7-11)22-16(24)17(25)23-21-10-13-14(19)4-3-5-15(13)20/h3-10H,2H2,1H3,(H,22,24)(H,23,25)/b21-10+. The second kappa shape index (κ2) is 9.70. The van der Waals surface area contributed by atoms with Crippen molar-refractivity contribution in [1.29, 1.82) is 0 Å². The second-order valence-corrected chi connectivity index (χ2v) is 5.90. The van der Waals surface area contributed by atoms with Crippen LogP contribution in [0.25, 0.3) is 0 Å². The summed E-state index contributed by atoms with van der Waals surface area (Å²) < 4.78 is 4.86. The summed E-state index contributed by atoms with van der Waals surface area (Å²) >= 11 is 11.9. The van der Waals surface area contributed by atoms with Crippen LogP contribution in [-0.2, 0) is 14.3 Å². The monoisotopic (exact) mass is 407 g/mol. The van der Waals surface area contributed by atoms with Crippen molar-refractivity contribution >= 4 is 52.9 Å². The molecule has 2 N–H and O–H groups in total. The Morgan fingerprint density at radius 1 is 1.04 bits per heavy atom. The first-order valence-electron chi connectivity index (χ1n) is 7.78. The van der Waals surface area contributed by atoms with Gasteiger partial charge in [-0.1, -0.05) is 29.3 Å². The molecule has 0 saturated carbocycles. The van der Waals surface area contributed by atoms with Gasteiger partial charge in [0, 0.05) is 11.3 Å². The van der Waals surface area contributed by atoms with Crippen LogP contribution in [0, 0.1) is 0 Å². The van der Waals surface area contributed by atoms with Crippen LogP contribution in [0.2, 0.25) is 10.0 Å². The van der Waals surface area contributed by atoms with Crippen LogP contribution in [-0.4, -0.2) is 30.6 Å². The minimum atomic E-state index is -0.983. The number of nitrogens with one attached hydrogen (secondary N) is 2. The highest BCUT2D eigenvalue weighted by atomic mass is 35.5. The lowest BCUT2D eigenvalue weighted by atomic mass is 10.2. The molecule has 0 aliphatic rings. The Labute approximate surface area is 165 Å². The maximum atomic E-state index is 11.9. The molecular weight excluding hydrogens is 393 g/mol. The van der Waals surface area contributed by atoms with Gasteiger partial charge in [0.2, 0.25) is 0 Å². The molecular formula is C18H15Cl2N3O4. The average Bonchev–Trinajstić information content (AvgIpc) is 2.64. The van der Waals surface area contributed by atoms with Crippen molar-refractivity contribution in [1.82, 2.24) is 5.43 Å². The zero-order valence-electron chi connectivity index (χ0n) is 14.2. The van der Waals surface area contributed by atoms with E-state index in [4.69, 9.17) is 27.9 Å². The van der Waals surface area contributed by atoms with E-state index in [0.717, 1.165) is 0 Å². The van der Waals surface area contributed by atoms with Gasteiger partial charge in [-0.3, -0.25) is 9.59 Å². The van der Waals surface area contributed by atoms with E-state index in [1.807, 2.05) is 0 Å². The zero-order valence-corrected chi connectivity index (χ0v) is 15.7. The van der Waals surface area contributed by atoms with Crippen molar-refractivity contribution in [2.75, 3.05) is 11.9 Å². The van der Waals surface area contributed by atoms with Gasteiger partial charge in [0.15, 0.2) is 0 Å². The Bertz CT molecular complexity index is 862. The van der Waals surface area contributed by atoms with Crippen LogP contribution in [0.1, 0.15) is 22.8 Å². The van der Waals surface area contributed by atoms with Crippen LogP contribution < -0.4 is 10.7 Å². The van der Waals surface area contributed by atoms with Crippen LogP contribution in [0.4, 0.5) is 5.69 Å². The smallest absolute Gasteiger partial charge is 0.338 e. The zero-order chi connectivity index (χ0) is 19.8. The second-order valence-electron chi connectivity index (χ2n) is 5.09. The lowest BCUT2D eigenvalue weighted by Gasteiger charge is -2.06. The summed E-state index contributed by atoms with van der Waals surface area (Å²) in [6.07, 6.45) is 1.24. The molecule has 140 valence electrons. The number of esters is 1. The fraction of sp³-hybridized carbons (Fsp3) is 0.111. The molecule has 0 fully saturated rings. The Morgan fingerprint density at radius 3 is 2.26 bits per heavy atom. The van der Waals surface area contributed by atoms with Gasteiger partial charge in [0.1, 0.15) is 0 Å². The molecule has 9 heteroatoms. The van der Waals surface area contributed by atoms with Crippen LogP contribution >= 0.6 is 23.2 Å². The van der Waals surface area contributed by atoms with Crippen LogP contribution in [0.15, 0.2) is 47.6 Å². The largest absolute Gasteiger partial charge is 0.462 e. The normalized spacial score (nSPS) is 10.5. The molecule has 0 radical (unpaired) electrons. The molecule has 27 heavy (non-hydrogen) atoms. The minimum Gasteiger partial charge on any atom is -0.462 e. The summed E-state index contributed by atoms with van der Waals surface area (Å²) in [7, 11) is 0. The maximum absolute atomic E-state index is 11.9. The third kappa shape index (κ3) is 5.80. The average molecular weight is 408 g/mol. The van der Waals surface area contributed by atoms with Gasteiger partial charge >= 0.3 is 17.8 Å². The van der Waals surface area contributed by atoms with E-state index < -0.39 is 17.8 Å². The van der Waals surface area contributed by atoms with Crippen molar-refractivity contribution in [3.8, 4) is 0 Å². The minimum absolute atomic E-state index is 0.261. The first-order chi connectivity index (χ1) is 12.9. The quantitative estimate of drug-likeness (QED) is 0.344. The molecule has 0 atom stereocenters. The topological polar surface area (TPSA) is 96.9 Å². The number of anilines is 1. The molecule has 0 aliphatic heterocycles. The van der Waals surface area contributed by atoms with Gasteiger partial charge in [-0.05, 0) is 43.3 Å².